The van der Waals surface area contributed by atoms with Gasteiger partial charge in [-0.3, -0.25) is 9.59 Å². The lowest BCUT2D eigenvalue weighted by Gasteiger charge is -2.21. The van der Waals surface area contributed by atoms with Crippen molar-refractivity contribution in [3.8, 4) is 0 Å². The molecule has 0 spiro atoms. The van der Waals surface area contributed by atoms with Crippen LogP contribution in [-0.2, 0) is 16.0 Å². The van der Waals surface area contributed by atoms with Crippen molar-refractivity contribution in [2.75, 3.05) is 13.1 Å². The third kappa shape index (κ3) is 3.87. The number of carbonyl (C=O) groups is 2. The van der Waals surface area contributed by atoms with Crippen LogP contribution in [0.2, 0.25) is 0 Å². The quantitative estimate of drug-likeness (QED) is 0.910. The highest BCUT2D eigenvalue weighted by Crippen LogP contribution is 2.24. The van der Waals surface area contributed by atoms with Crippen LogP contribution in [0.4, 0.5) is 0 Å². The molecular weight excluding hydrogens is 278 g/mol. The first-order valence-electron chi connectivity index (χ1n) is 7.99. The number of carboxylic acid groups (broad SMARTS) is 1. The van der Waals surface area contributed by atoms with Gasteiger partial charge in [-0.1, -0.05) is 38.1 Å². The highest BCUT2D eigenvalue weighted by molar-refractivity contribution is 5.84. The molecule has 1 aromatic carbocycles. The normalized spacial score (nSPS) is 19.5. The second-order valence-electron chi connectivity index (χ2n) is 6.67. The Labute approximate surface area is 132 Å². The number of nitrogens with zero attached hydrogens (tertiary/aromatic N) is 1. The predicted octanol–water partition coefficient (Wildman–Crippen LogP) is 2.92. The van der Waals surface area contributed by atoms with Crippen LogP contribution in [-0.4, -0.2) is 35.0 Å². The van der Waals surface area contributed by atoms with Gasteiger partial charge < -0.3 is 10.0 Å². The number of aliphatic carboxylic acids is 1. The van der Waals surface area contributed by atoms with Gasteiger partial charge in [0.2, 0.25) is 5.91 Å². The zero-order valence-corrected chi connectivity index (χ0v) is 13.6. The third-order valence-corrected chi connectivity index (χ3v) is 4.31. The second-order valence-corrected chi connectivity index (χ2v) is 6.67. The molecule has 1 heterocycles. The van der Waals surface area contributed by atoms with Crippen molar-refractivity contribution in [1.29, 1.82) is 0 Å². The first-order valence-corrected chi connectivity index (χ1v) is 7.99. The standard InChI is InChI=1S/C18H25NO3/c1-12(2)9-14-5-4-6-15(10-14)13(3)17(20)19-8-7-16(11-19)18(21)22/h4-6,10,12-13,16H,7-9,11H2,1-3H3,(H,21,22). The number of benzene rings is 1. The molecule has 2 rings (SSSR count). The van der Waals surface area contributed by atoms with E-state index in [0.29, 0.717) is 25.4 Å². The molecule has 1 fully saturated rings. The minimum Gasteiger partial charge on any atom is -0.481 e. The fourth-order valence-corrected chi connectivity index (χ4v) is 3.04. The van der Waals surface area contributed by atoms with E-state index in [0.717, 1.165) is 12.0 Å². The third-order valence-electron chi connectivity index (χ3n) is 4.31. The Morgan fingerprint density at radius 2 is 2.05 bits per heavy atom. The van der Waals surface area contributed by atoms with E-state index in [-0.39, 0.29) is 11.8 Å². The van der Waals surface area contributed by atoms with Crippen LogP contribution < -0.4 is 0 Å². The first-order chi connectivity index (χ1) is 10.4. The molecule has 1 N–H and O–H groups in total. The van der Waals surface area contributed by atoms with Crippen LogP contribution >= 0.6 is 0 Å². The molecule has 1 aromatic rings. The Hall–Kier alpha value is -1.84. The minimum atomic E-state index is -0.804. The molecule has 4 heteroatoms. The van der Waals surface area contributed by atoms with E-state index >= 15 is 0 Å². The Morgan fingerprint density at radius 3 is 2.64 bits per heavy atom. The van der Waals surface area contributed by atoms with Crippen LogP contribution in [0.1, 0.15) is 44.2 Å². The lowest BCUT2D eigenvalue weighted by molar-refractivity contribution is -0.141. The number of hydrogen-bond acceptors (Lipinski definition) is 2. The summed E-state index contributed by atoms with van der Waals surface area (Å²) in [4.78, 5) is 25.3. The Kier molecular flexibility index (Phi) is 5.22. The summed E-state index contributed by atoms with van der Waals surface area (Å²) in [7, 11) is 0. The van der Waals surface area contributed by atoms with Crippen LogP contribution in [0.5, 0.6) is 0 Å². The van der Waals surface area contributed by atoms with E-state index < -0.39 is 11.9 Å². The summed E-state index contributed by atoms with van der Waals surface area (Å²) < 4.78 is 0. The van der Waals surface area contributed by atoms with E-state index in [1.54, 1.807) is 4.90 Å². The first kappa shape index (κ1) is 16.5. The van der Waals surface area contributed by atoms with Crippen molar-refractivity contribution in [2.45, 2.75) is 39.5 Å². The number of carbonyl (C=O) groups excluding carboxylic acids is 1. The predicted molar refractivity (Wildman–Crippen MR) is 85.7 cm³/mol. The molecule has 0 radical (unpaired) electrons. The molecule has 0 aromatic heterocycles. The maximum Gasteiger partial charge on any atom is 0.308 e. The van der Waals surface area contributed by atoms with Crippen molar-refractivity contribution >= 4 is 11.9 Å². The van der Waals surface area contributed by atoms with Crippen LogP contribution in [0.25, 0.3) is 0 Å². The number of amides is 1. The van der Waals surface area contributed by atoms with Gasteiger partial charge in [0.25, 0.3) is 0 Å². The maximum absolute atomic E-state index is 12.6. The highest BCUT2D eigenvalue weighted by atomic mass is 16.4. The van der Waals surface area contributed by atoms with E-state index in [1.165, 1.54) is 5.56 Å². The van der Waals surface area contributed by atoms with Crippen molar-refractivity contribution < 1.29 is 14.7 Å². The van der Waals surface area contributed by atoms with Crippen molar-refractivity contribution in [3.05, 3.63) is 35.4 Å². The zero-order chi connectivity index (χ0) is 16.3. The summed E-state index contributed by atoms with van der Waals surface area (Å²) in [6, 6.07) is 8.18. The molecule has 4 nitrogen and oxygen atoms in total. The van der Waals surface area contributed by atoms with Gasteiger partial charge in [0.05, 0.1) is 11.8 Å². The number of rotatable bonds is 5. The molecule has 1 amide bonds. The van der Waals surface area contributed by atoms with Gasteiger partial charge in [0.15, 0.2) is 0 Å². The molecule has 1 aliphatic heterocycles. The van der Waals surface area contributed by atoms with Gasteiger partial charge >= 0.3 is 5.97 Å². The molecule has 1 saturated heterocycles. The van der Waals surface area contributed by atoms with E-state index in [4.69, 9.17) is 5.11 Å². The van der Waals surface area contributed by atoms with E-state index in [1.807, 2.05) is 19.1 Å². The van der Waals surface area contributed by atoms with Gasteiger partial charge in [-0.15, -0.1) is 0 Å². The molecular formula is C18H25NO3. The average molecular weight is 303 g/mol. The van der Waals surface area contributed by atoms with Crippen LogP contribution in [0.15, 0.2) is 24.3 Å². The van der Waals surface area contributed by atoms with E-state index in [9.17, 15) is 9.59 Å². The maximum atomic E-state index is 12.6. The average Bonchev–Trinajstić information content (AvgIpc) is 2.95. The summed E-state index contributed by atoms with van der Waals surface area (Å²) >= 11 is 0. The van der Waals surface area contributed by atoms with Gasteiger partial charge in [-0.2, -0.15) is 0 Å². The smallest absolute Gasteiger partial charge is 0.308 e. The van der Waals surface area contributed by atoms with Gasteiger partial charge in [0.1, 0.15) is 0 Å². The second kappa shape index (κ2) is 6.95. The Morgan fingerprint density at radius 1 is 1.32 bits per heavy atom. The lowest BCUT2D eigenvalue weighted by Crippen LogP contribution is -2.33. The van der Waals surface area contributed by atoms with Crippen molar-refractivity contribution in [3.63, 3.8) is 0 Å². The fourth-order valence-electron chi connectivity index (χ4n) is 3.04. The molecule has 2 atom stereocenters. The molecule has 0 aliphatic carbocycles. The van der Waals surface area contributed by atoms with Crippen LogP contribution in [0.3, 0.4) is 0 Å². The molecule has 22 heavy (non-hydrogen) atoms. The van der Waals surface area contributed by atoms with Crippen molar-refractivity contribution in [2.24, 2.45) is 11.8 Å². The Bertz CT molecular complexity index is 553. The lowest BCUT2D eigenvalue weighted by atomic mass is 9.94. The van der Waals surface area contributed by atoms with Crippen LogP contribution in [0, 0.1) is 11.8 Å². The van der Waals surface area contributed by atoms with Gasteiger partial charge in [0, 0.05) is 13.1 Å². The topological polar surface area (TPSA) is 57.6 Å². The summed E-state index contributed by atoms with van der Waals surface area (Å²) in [6.07, 6.45) is 1.56. The summed E-state index contributed by atoms with van der Waals surface area (Å²) in [5, 5.41) is 9.05. The summed E-state index contributed by atoms with van der Waals surface area (Å²) in [5.74, 6) is -0.827. The number of likely N-dealkylation sites (tertiary alicyclic amines) is 1. The zero-order valence-electron chi connectivity index (χ0n) is 13.6. The molecule has 120 valence electrons. The van der Waals surface area contributed by atoms with E-state index in [2.05, 4.69) is 26.0 Å². The minimum absolute atomic E-state index is 0.0328. The molecule has 1 aliphatic rings. The molecule has 2 unspecified atom stereocenters. The summed E-state index contributed by atoms with van der Waals surface area (Å²) in [6.45, 7) is 7.15. The van der Waals surface area contributed by atoms with Gasteiger partial charge in [-0.25, -0.2) is 0 Å². The SMILES string of the molecule is CC(C)Cc1cccc(C(C)C(=O)N2CCC(C(=O)O)C2)c1. The monoisotopic (exact) mass is 303 g/mol. The van der Waals surface area contributed by atoms with Crippen molar-refractivity contribution in [1.82, 2.24) is 4.90 Å². The van der Waals surface area contributed by atoms with Gasteiger partial charge in [-0.05, 0) is 36.8 Å². The number of carboxylic acids is 1. The number of hydrogen-bond donors (Lipinski definition) is 1. The molecule has 0 saturated carbocycles. The molecule has 0 bridgehead atoms. The largest absolute Gasteiger partial charge is 0.481 e. The summed E-state index contributed by atoms with van der Waals surface area (Å²) in [5.41, 5.74) is 2.26. The highest BCUT2D eigenvalue weighted by Gasteiger charge is 2.33. The fraction of sp³-hybridized carbons (Fsp3) is 0.556. The Balaban J connectivity index is 2.06.